The summed E-state index contributed by atoms with van der Waals surface area (Å²) in [5.41, 5.74) is 0.196. The molecular weight excluding hydrogens is 180 g/mol. The van der Waals surface area contributed by atoms with Crippen LogP contribution in [0.2, 0.25) is 5.15 Å². The average molecular weight is 187 g/mol. The molecule has 1 rings (SSSR count). The van der Waals surface area contributed by atoms with E-state index in [2.05, 4.69) is 4.98 Å². The number of pyridine rings is 1. The molecule has 0 amide bonds. The molecule has 0 aromatic carbocycles. The van der Waals surface area contributed by atoms with Crippen LogP contribution in [-0.4, -0.2) is 29.3 Å². The standard InChI is InChI=1S/C6H7BClNO3/c1-12-5-2-6(8)9-3-4(5)7(10)11/h2-3,10-11H,1H3. The first kappa shape index (κ1) is 9.31. The van der Waals surface area contributed by atoms with Crippen molar-refractivity contribution in [1.29, 1.82) is 0 Å². The van der Waals surface area contributed by atoms with Crippen LogP contribution >= 0.6 is 11.6 Å². The lowest BCUT2D eigenvalue weighted by atomic mass is 9.81. The summed E-state index contributed by atoms with van der Waals surface area (Å²) in [6.07, 6.45) is 1.26. The van der Waals surface area contributed by atoms with E-state index in [1.54, 1.807) is 0 Å². The fourth-order valence-electron chi connectivity index (χ4n) is 0.794. The van der Waals surface area contributed by atoms with Crippen molar-refractivity contribution in [3.8, 4) is 5.75 Å². The summed E-state index contributed by atoms with van der Waals surface area (Å²) < 4.78 is 4.84. The van der Waals surface area contributed by atoms with Gasteiger partial charge in [0.2, 0.25) is 0 Å². The van der Waals surface area contributed by atoms with Crippen LogP contribution < -0.4 is 10.2 Å². The number of aromatic nitrogens is 1. The van der Waals surface area contributed by atoms with E-state index in [4.69, 9.17) is 26.4 Å². The molecule has 1 aromatic heterocycles. The van der Waals surface area contributed by atoms with E-state index < -0.39 is 7.12 Å². The molecular formula is C6H7BClNO3. The lowest BCUT2D eigenvalue weighted by Crippen LogP contribution is -2.31. The lowest BCUT2D eigenvalue weighted by molar-refractivity contribution is 0.402. The Morgan fingerprint density at radius 3 is 2.75 bits per heavy atom. The zero-order chi connectivity index (χ0) is 9.14. The molecule has 0 fully saturated rings. The van der Waals surface area contributed by atoms with Gasteiger partial charge in [-0.1, -0.05) is 11.6 Å². The fraction of sp³-hybridized carbons (Fsp3) is 0.167. The molecule has 0 saturated heterocycles. The predicted octanol–water partition coefficient (Wildman–Crippen LogP) is -0.577. The van der Waals surface area contributed by atoms with Gasteiger partial charge in [-0.15, -0.1) is 0 Å². The van der Waals surface area contributed by atoms with Gasteiger partial charge in [-0.2, -0.15) is 0 Å². The molecule has 64 valence electrons. The minimum absolute atomic E-state index is 0.196. The fourth-order valence-corrected chi connectivity index (χ4v) is 0.942. The average Bonchev–Trinajstić information content (AvgIpc) is 2.03. The normalized spacial score (nSPS) is 9.67. The van der Waals surface area contributed by atoms with Crippen LogP contribution in [0.1, 0.15) is 0 Å². The number of rotatable bonds is 2. The van der Waals surface area contributed by atoms with Crippen molar-refractivity contribution in [3.63, 3.8) is 0 Å². The van der Waals surface area contributed by atoms with Gasteiger partial charge in [-0.05, 0) is 0 Å². The minimum atomic E-state index is -1.59. The van der Waals surface area contributed by atoms with Crippen LogP contribution in [0.3, 0.4) is 0 Å². The highest BCUT2D eigenvalue weighted by molar-refractivity contribution is 6.59. The van der Waals surface area contributed by atoms with Gasteiger partial charge in [0.25, 0.3) is 0 Å². The van der Waals surface area contributed by atoms with Crippen molar-refractivity contribution in [2.24, 2.45) is 0 Å². The van der Waals surface area contributed by atoms with E-state index in [0.717, 1.165) is 0 Å². The zero-order valence-corrected chi connectivity index (χ0v) is 7.12. The highest BCUT2D eigenvalue weighted by Gasteiger charge is 2.17. The van der Waals surface area contributed by atoms with Gasteiger partial charge in [0.1, 0.15) is 10.9 Å². The van der Waals surface area contributed by atoms with Crippen molar-refractivity contribution in [2.45, 2.75) is 0 Å². The van der Waals surface area contributed by atoms with Crippen molar-refractivity contribution >= 4 is 24.2 Å². The SMILES string of the molecule is COc1cc(Cl)ncc1B(O)O. The molecule has 0 aliphatic carbocycles. The Kier molecular flexibility index (Phi) is 2.91. The van der Waals surface area contributed by atoms with Crippen molar-refractivity contribution in [3.05, 3.63) is 17.4 Å². The van der Waals surface area contributed by atoms with E-state index >= 15 is 0 Å². The highest BCUT2D eigenvalue weighted by atomic mass is 35.5. The summed E-state index contributed by atoms with van der Waals surface area (Å²) >= 11 is 5.55. The highest BCUT2D eigenvalue weighted by Crippen LogP contribution is 2.11. The Bertz CT molecular complexity index is 281. The van der Waals surface area contributed by atoms with E-state index in [0.29, 0.717) is 5.75 Å². The lowest BCUT2D eigenvalue weighted by Gasteiger charge is -2.06. The maximum absolute atomic E-state index is 8.82. The molecule has 0 aliphatic rings. The van der Waals surface area contributed by atoms with Crippen LogP contribution in [0, 0.1) is 0 Å². The van der Waals surface area contributed by atoms with Gasteiger partial charge in [0, 0.05) is 17.7 Å². The summed E-state index contributed by atoms with van der Waals surface area (Å²) in [6.45, 7) is 0. The van der Waals surface area contributed by atoms with Crippen LogP contribution in [0.5, 0.6) is 5.75 Å². The van der Waals surface area contributed by atoms with Gasteiger partial charge < -0.3 is 14.8 Å². The molecule has 6 heteroatoms. The van der Waals surface area contributed by atoms with Crippen LogP contribution in [0.4, 0.5) is 0 Å². The summed E-state index contributed by atoms with van der Waals surface area (Å²) in [5.74, 6) is 0.310. The van der Waals surface area contributed by atoms with Gasteiger partial charge in [0.15, 0.2) is 0 Å². The second kappa shape index (κ2) is 3.75. The minimum Gasteiger partial charge on any atom is -0.497 e. The van der Waals surface area contributed by atoms with Crippen molar-refractivity contribution in [1.82, 2.24) is 4.98 Å². The Balaban J connectivity index is 3.11. The van der Waals surface area contributed by atoms with Crippen molar-refractivity contribution in [2.75, 3.05) is 7.11 Å². The van der Waals surface area contributed by atoms with Crippen molar-refractivity contribution < 1.29 is 14.8 Å². The first-order valence-corrected chi connectivity index (χ1v) is 3.58. The second-order valence-electron chi connectivity index (χ2n) is 2.12. The smallest absolute Gasteiger partial charge is 0.493 e. The first-order chi connectivity index (χ1) is 5.65. The number of methoxy groups -OCH3 is 1. The molecule has 0 bridgehead atoms. The topological polar surface area (TPSA) is 62.6 Å². The van der Waals surface area contributed by atoms with Gasteiger partial charge >= 0.3 is 7.12 Å². The molecule has 0 atom stereocenters. The quantitative estimate of drug-likeness (QED) is 0.480. The molecule has 0 spiro atoms. The summed E-state index contributed by atoms with van der Waals surface area (Å²) in [4.78, 5) is 3.67. The number of hydrogen-bond donors (Lipinski definition) is 2. The van der Waals surface area contributed by atoms with Crippen LogP contribution in [0.25, 0.3) is 0 Å². The largest absolute Gasteiger partial charge is 0.497 e. The maximum atomic E-state index is 8.82. The Morgan fingerprint density at radius 1 is 1.58 bits per heavy atom. The second-order valence-corrected chi connectivity index (χ2v) is 2.51. The third-order valence-electron chi connectivity index (χ3n) is 1.36. The molecule has 0 radical (unpaired) electrons. The summed E-state index contributed by atoms with van der Waals surface area (Å²) in [7, 11) is -0.179. The monoisotopic (exact) mass is 187 g/mol. The Hall–Kier alpha value is -0.775. The van der Waals surface area contributed by atoms with Crippen LogP contribution in [-0.2, 0) is 0 Å². The molecule has 1 heterocycles. The van der Waals surface area contributed by atoms with Crippen LogP contribution in [0.15, 0.2) is 12.3 Å². The number of ether oxygens (including phenoxy) is 1. The third kappa shape index (κ3) is 1.88. The van der Waals surface area contributed by atoms with E-state index in [-0.39, 0.29) is 10.6 Å². The molecule has 2 N–H and O–H groups in total. The Labute approximate surface area is 74.9 Å². The number of nitrogens with zero attached hydrogens (tertiary/aromatic N) is 1. The molecule has 0 aliphatic heterocycles. The summed E-state index contributed by atoms with van der Waals surface area (Å²) in [6, 6.07) is 1.41. The van der Waals surface area contributed by atoms with E-state index in [1.165, 1.54) is 19.4 Å². The molecule has 1 aromatic rings. The first-order valence-electron chi connectivity index (χ1n) is 3.20. The molecule has 4 nitrogen and oxygen atoms in total. The number of hydrogen-bond acceptors (Lipinski definition) is 4. The third-order valence-corrected chi connectivity index (χ3v) is 1.57. The van der Waals surface area contributed by atoms with E-state index in [1.807, 2.05) is 0 Å². The zero-order valence-electron chi connectivity index (χ0n) is 6.36. The van der Waals surface area contributed by atoms with E-state index in [9.17, 15) is 0 Å². The molecule has 0 saturated carbocycles. The van der Waals surface area contributed by atoms with Gasteiger partial charge in [-0.25, -0.2) is 4.98 Å². The number of halogens is 1. The molecule has 12 heavy (non-hydrogen) atoms. The summed E-state index contributed by atoms with van der Waals surface area (Å²) in [5, 5.41) is 17.9. The molecule has 0 unspecified atom stereocenters. The van der Waals surface area contributed by atoms with Gasteiger partial charge in [-0.3, -0.25) is 0 Å². The Morgan fingerprint density at radius 2 is 2.25 bits per heavy atom. The van der Waals surface area contributed by atoms with Gasteiger partial charge in [0.05, 0.1) is 7.11 Å². The predicted molar refractivity (Wildman–Crippen MR) is 45.6 cm³/mol. The maximum Gasteiger partial charge on any atom is 0.493 e.